The molecule has 0 atom stereocenters. The molecule has 0 fully saturated rings. The molecule has 0 N–H and O–H groups in total. The van der Waals surface area contributed by atoms with E-state index in [2.05, 4.69) is 35.3 Å². The van der Waals surface area contributed by atoms with E-state index in [-0.39, 0.29) is 5.54 Å². The molecule has 2 rings (SSSR count). The summed E-state index contributed by atoms with van der Waals surface area (Å²) in [5, 5.41) is 0. The molecule has 0 aliphatic rings. The molecule has 2 aromatic rings. The number of hydrogen-bond donors (Lipinski definition) is 0. The monoisotopic (exact) mass is 265 g/mol. The number of rotatable bonds is 5. The van der Waals surface area contributed by atoms with Crippen molar-refractivity contribution in [2.45, 2.75) is 45.6 Å². The zero-order valence-electron chi connectivity index (χ0n) is 11.3. The van der Waals surface area contributed by atoms with Gasteiger partial charge in [-0.1, -0.05) is 13.8 Å². The fourth-order valence-corrected chi connectivity index (χ4v) is 2.51. The maximum atomic E-state index is 5.90. The topological polar surface area (TPSA) is 30.7 Å². The van der Waals surface area contributed by atoms with Gasteiger partial charge in [0.2, 0.25) is 0 Å². The van der Waals surface area contributed by atoms with Crippen molar-refractivity contribution in [2.75, 3.05) is 5.88 Å². The fourth-order valence-electron chi connectivity index (χ4n) is 2.35. The summed E-state index contributed by atoms with van der Waals surface area (Å²) in [6.07, 6.45) is 4.73. The summed E-state index contributed by atoms with van der Waals surface area (Å²) in [7, 11) is 0. The van der Waals surface area contributed by atoms with Gasteiger partial charge in [0.05, 0.1) is 0 Å². The molecule has 0 aliphatic carbocycles. The number of nitrogens with zero attached hydrogens (tertiary/aromatic N) is 3. The highest BCUT2D eigenvalue weighted by Gasteiger charge is 2.27. The van der Waals surface area contributed by atoms with Crippen molar-refractivity contribution in [3.8, 4) is 0 Å². The van der Waals surface area contributed by atoms with Crippen LogP contribution in [0.3, 0.4) is 0 Å². The van der Waals surface area contributed by atoms with E-state index < -0.39 is 0 Å². The summed E-state index contributed by atoms with van der Waals surface area (Å²) in [5.41, 5.74) is 2.00. The molecule has 0 radical (unpaired) electrons. The van der Waals surface area contributed by atoms with E-state index in [0.29, 0.717) is 5.88 Å². The van der Waals surface area contributed by atoms with Gasteiger partial charge in [-0.15, -0.1) is 11.6 Å². The minimum Gasteiger partial charge on any atom is -0.307 e. The molecule has 4 heteroatoms. The van der Waals surface area contributed by atoms with Gasteiger partial charge in [-0.3, -0.25) is 0 Å². The van der Waals surface area contributed by atoms with E-state index in [0.717, 1.165) is 36.3 Å². The highest BCUT2D eigenvalue weighted by molar-refractivity contribution is 6.17. The smallest absolute Gasteiger partial charge is 0.160 e. The predicted octanol–water partition coefficient (Wildman–Crippen LogP) is 3.75. The van der Waals surface area contributed by atoms with E-state index in [1.165, 1.54) is 0 Å². The third-order valence-corrected chi connectivity index (χ3v) is 4.06. The largest absolute Gasteiger partial charge is 0.307 e. The van der Waals surface area contributed by atoms with Gasteiger partial charge in [0.25, 0.3) is 0 Å². The Hall–Kier alpha value is -1.09. The first-order valence-corrected chi connectivity index (χ1v) is 7.08. The maximum absolute atomic E-state index is 5.90. The Morgan fingerprint density at radius 3 is 2.67 bits per heavy atom. The highest BCUT2D eigenvalue weighted by Crippen LogP contribution is 2.30. The minimum atomic E-state index is 0.0600. The van der Waals surface area contributed by atoms with E-state index in [1.807, 2.05) is 18.3 Å². The molecule has 0 spiro atoms. The minimum absolute atomic E-state index is 0.0600. The Balaban J connectivity index is 2.68. The number of alkyl halides is 1. The molecule has 0 aliphatic heterocycles. The Kier molecular flexibility index (Phi) is 3.91. The van der Waals surface area contributed by atoms with Crippen LogP contribution in [-0.4, -0.2) is 20.4 Å². The molecule has 3 nitrogen and oxygen atoms in total. The number of hydrogen-bond acceptors (Lipinski definition) is 2. The van der Waals surface area contributed by atoms with Crippen LogP contribution < -0.4 is 0 Å². The maximum Gasteiger partial charge on any atom is 0.160 e. The molecule has 0 saturated heterocycles. The fraction of sp³-hybridized carbons (Fsp3) is 0.571. The van der Waals surface area contributed by atoms with Gasteiger partial charge in [0.15, 0.2) is 5.65 Å². The Labute approximate surface area is 113 Å². The third kappa shape index (κ3) is 2.12. The summed E-state index contributed by atoms with van der Waals surface area (Å²) < 4.78 is 2.28. The summed E-state index contributed by atoms with van der Waals surface area (Å²) in [6, 6.07) is 3.95. The van der Waals surface area contributed by atoms with Gasteiger partial charge in [0, 0.05) is 24.0 Å². The number of aryl methyl sites for hydroxylation is 1. The van der Waals surface area contributed by atoms with Crippen LogP contribution in [0.15, 0.2) is 18.3 Å². The number of aromatic nitrogens is 3. The molecule has 0 unspecified atom stereocenters. The molecule has 0 bridgehead atoms. The van der Waals surface area contributed by atoms with E-state index in [4.69, 9.17) is 11.6 Å². The number of halogens is 1. The Bertz CT molecular complexity index is 529. The highest BCUT2D eigenvalue weighted by atomic mass is 35.5. The van der Waals surface area contributed by atoms with Gasteiger partial charge in [0.1, 0.15) is 11.3 Å². The van der Waals surface area contributed by atoms with Crippen LogP contribution in [0.5, 0.6) is 0 Å². The van der Waals surface area contributed by atoms with Crippen molar-refractivity contribution in [1.29, 1.82) is 0 Å². The molecule has 0 amide bonds. The molecule has 2 heterocycles. The third-order valence-electron chi connectivity index (χ3n) is 3.87. The van der Waals surface area contributed by atoms with E-state index in [9.17, 15) is 0 Å². The van der Waals surface area contributed by atoms with Crippen molar-refractivity contribution in [1.82, 2.24) is 14.5 Å². The molecule has 18 heavy (non-hydrogen) atoms. The number of fused-ring (bicyclic) bond motifs is 1. The summed E-state index contributed by atoms with van der Waals surface area (Å²) in [4.78, 5) is 9.18. The van der Waals surface area contributed by atoms with Crippen molar-refractivity contribution < 1.29 is 0 Å². The van der Waals surface area contributed by atoms with Crippen LogP contribution in [0.2, 0.25) is 0 Å². The summed E-state index contributed by atoms with van der Waals surface area (Å²) >= 11 is 5.90. The zero-order valence-corrected chi connectivity index (χ0v) is 12.0. The molecular weight excluding hydrogens is 246 g/mol. The van der Waals surface area contributed by atoms with Crippen molar-refractivity contribution >= 4 is 22.8 Å². The average Bonchev–Trinajstić information content (AvgIpc) is 2.77. The molecular formula is C14H20ClN3. The number of imidazole rings is 1. The van der Waals surface area contributed by atoms with Crippen LogP contribution in [0.25, 0.3) is 11.2 Å². The predicted molar refractivity (Wildman–Crippen MR) is 76.2 cm³/mol. The molecule has 0 saturated carbocycles. The van der Waals surface area contributed by atoms with Gasteiger partial charge in [-0.05, 0) is 31.9 Å². The first kappa shape index (κ1) is 13.3. The second kappa shape index (κ2) is 5.27. The molecule has 0 aromatic carbocycles. The Morgan fingerprint density at radius 1 is 1.33 bits per heavy atom. The average molecular weight is 266 g/mol. The summed E-state index contributed by atoms with van der Waals surface area (Å²) in [5.74, 6) is 1.64. The second-order valence-electron chi connectivity index (χ2n) is 4.85. The lowest BCUT2D eigenvalue weighted by atomic mass is 9.95. The summed E-state index contributed by atoms with van der Waals surface area (Å²) in [6.45, 7) is 6.69. The lowest BCUT2D eigenvalue weighted by Gasteiger charge is -2.30. The normalized spacial score (nSPS) is 12.2. The van der Waals surface area contributed by atoms with Crippen LogP contribution in [0.4, 0.5) is 0 Å². The first-order valence-electron chi connectivity index (χ1n) is 6.55. The zero-order chi connectivity index (χ0) is 13.2. The lowest BCUT2D eigenvalue weighted by Crippen LogP contribution is -2.30. The van der Waals surface area contributed by atoms with Crippen molar-refractivity contribution in [2.24, 2.45) is 0 Å². The second-order valence-corrected chi connectivity index (χ2v) is 5.23. The van der Waals surface area contributed by atoms with Gasteiger partial charge in [-0.2, -0.15) is 0 Å². The van der Waals surface area contributed by atoms with Gasteiger partial charge < -0.3 is 4.57 Å². The quantitative estimate of drug-likeness (QED) is 0.771. The van der Waals surface area contributed by atoms with Crippen LogP contribution >= 0.6 is 11.6 Å². The van der Waals surface area contributed by atoms with Gasteiger partial charge >= 0.3 is 0 Å². The van der Waals surface area contributed by atoms with Gasteiger partial charge in [-0.25, -0.2) is 9.97 Å². The first-order chi connectivity index (χ1) is 8.66. The van der Waals surface area contributed by atoms with Crippen LogP contribution in [-0.2, 0) is 12.0 Å². The molecule has 98 valence electrons. The van der Waals surface area contributed by atoms with Crippen molar-refractivity contribution in [3.05, 3.63) is 24.2 Å². The van der Waals surface area contributed by atoms with Crippen LogP contribution in [0.1, 0.15) is 39.4 Å². The number of pyridine rings is 1. The Morgan fingerprint density at radius 2 is 2.06 bits per heavy atom. The molecule has 2 aromatic heterocycles. The van der Waals surface area contributed by atoms with Crippen molar-refractivity contribution in [3.63, 3.8) is 0 Å². The van der Waals surface area contributed by atoms with E-state index in [1.54, 1.807) is 0 Å². The lowest BCUT2D eigenvalue weighted by molar-refractivity contribution is 0.293. The SMILES string of the molecule is CCC(C)(CC)n1c(CCCl)nc2cccnc21. The van der Waals surface area contributed by atoms with E-state index >= 15 is 0 Å². The standard InChI is InChI=1S/C14H20ClN3/c1-4-14(3,5-2)18-12(8-9-15)17-11-7-6-10-16-13(11)18/h6-7,10H,4-5,8-9H2,1-3H3. The van der Waals surface area contributed by atoms with Crippen LogP contribution in [0, 0.1) is 0 Å².